The highest BCUT2D eigenvalue weighted by Crippen LogP contribution is 2.29. The van der Waals surface area contributed by atoms with Crippen LogP contribution < -0.4 is 4.90 Å². The Hall–Kier alpha value is -2.41. The van der Waals surface area contributed by atoms with E-state index in [2.05, 4.69) is 0 Å². The first-order valence-corrected chi connectivity index (χ1v) is 9.03. The van der Waals surface area contributed by atoms with Crippen LogP contribution in [0.5, 0.6) is 0 Å². The maximum Gasteiger partial charge on any atom is 0.339 e. The van der Waals surface area contributed by atoms with E-state index in [1.165, 1.54) is 12.1 Å². The lowest BCUT2D eigenvalue weighted by atomic mass is 10.0. The van der Waals surface area contributed by atoms with Crippen LogP contribution in [0.25, 0.3) is 0 Å². The van der Waals surface area contributed by atoms with E-state index in [1.807, 2.05) is 24.3 Å². The van der Waals surface area contributed by atoms with Crippen LogP contribution >= 0.6 is 11.8 Å². The molecule has 0 spiro atoms. The smallest absolute Gasteiger partial charge is 0.339 e. The van der Waals surface area contributed by atoms with Crippen LogP contribution in [0.3, 0.4) is 0 Å². The predicted octanol–water partition coefficient (Wildman–Crippen LogP) is 4.14. The number of carbonyl (C=O) groups is 2. The van der Waals surface area contributed by atoms with Crippen molar-refractivity contribution in [3.63, 3.8) is 0 Å². The number of fused-ring (bicyclic) bond motifs is 1. The molecule has 2 aromatic rings. The zero-order valence-electron chi connectivity index (χ0n) is 13.9. The van der Waals surface area contributed by atoms with Gasteiger partial charge in [0.1, 0.15) is 0 Å². The second-order valence-electron chi connectivity index (χ2n) is 5.73. The quantitative estimate of drug-likeness (QED) is 0.580. The molecule has 0 atom stereocenters. The van der Waals surface area contributed by atoms with Crippen LogP contribution in [-0.2, 0) is 16.0 Å². The number of ether oxygens (including phenoxy) is 1. The number of anilines is 1. The molecule has 4 nitrogen and oxygen atoms in total. The molecular weight excluding hydrogens is 360 g/mol. The fourth-order valence-corrected chi connectivity index (χ4v) is 3.54. The zero-order valence-corrected chi connectivity index (χ0v) is 14.7. The summed E-state index contributed by atoms with van der Waals surface area (Å²) >= 11 is 0.277. The summed E-state index contributed by atoms with van der Waals surface area (Å²) in [5.41, 5.74) is 1.94. The second kappa shape index (κ2) is 8.31. The highest BCUT2D eigenvalue weighted by molar-refractivity contribution is 7.99. The molecule has 0 aliphatic carbocycles. The number of para-hydroxylation sites is 1. The van der Waals surface area contributed by atoms with Crippen molar-refractivity contribution in [3.05, 3.63) is 59.7 Å². The highest BCUT2D eigenvalue weighted by atomic mass is 32.2. The topological polar surface area (TPSA) is 46.6 Å². The summed E-state index contributed by atoms with van der Waals surface area (Å²) in [4.78, 5) is 26.4. The third-order valence-corrected chi connectivity index (χ3v) is 4.85. The lowest BCUT2D eigenvalue weighted by molar-refractivity contribution is -0.121. The third kappa shape index (κ3) is 4.22. The Morgan fingerprint density at radius 1 is 1.12 bits per heavy atom. The van der Waals surface area contributed by atoms with E-state index in [9.17, 15) is 18.4 Å². The molecule has 0 unspecified atom stereocenters. The number of esters is 1. The van der Waals surface area contributed by atoms with E-state index >= 15 is 0 Å². The van der Waals surface area contributed by atoms with Crippen molar-refractivity contribution in [3.8, 4) is 0 Å². The molecule has 3 rings (SSSR count). The summed E-state index contributed by atoms with van der Waals surface area (Å²) in [6.45, 7) is 0.131. The van der Waals surface area contributed by atoms with Crippen LogP contribution in [0.4, 0.5) is 14.5 Å². The van der Waals surface area contributed by atoms with Gasteiger partial charge in [-0.3, -0.25) is 4.79 Å². The Morgan fingerprint density at radius 2 is 1.85 bits per heavy atom. The van der Waals surface area contributed by atoms with Gasteiger partial charge in [-0.1, -0.05) is 42.1 Å². The van der Waals surface area contributed by atoms with Crippen LogP contribution in [0.1, 0.15) is 22.3 Å². The molecule has 1 amide bonds. The van der Waals surface area contributed by atoms with E-state index in [0.29, 0.717) is 6.54 Å². The van der Waals surface area contributed by atoms with E-state index in [1.54, 1.807) is 17.0 Å². The van der Waals surface area contributed by atoms with E-state index < -0.39 is 18.3 Å². The van der Waals surface area contributed by atoms with Gasteiger partial charge in [0.15, 0.2) is 6.61 Å². The maximum atomic E-state index is 12.6. The number of rotatable bonds is 5. The monoisotopic (exact) mass is 377 g/mol. The van der Waals surface area contributed by atoms with Crippen LogP contribution in [0, 0.1) is 0 Å². The third-order valence-electron chi connectivity index (χ3n) is 4.06. The summed E-state index contributed by atoms with van der Waals surface area (Å²) in [5.74, 6) is -3.76. The second-order valence-corrected chi connectivity index (χ2v) is 6.76. The number of aryl methyl sites for hydroxylation is 1. The first kappa shape index (κ1) is 18.4. The minimum atomic E-state index is -2.64. The molecule has 2 aromatic carbocycles. The van der Waals surface area contributed by atoms with Gasteiger partial charge in [-0.05, 0) is 36.6 Å². The minimum absolute atomic E-state index is 0.0321. The summed E-state index contributed by atoms with van der Waals surface area (Å²) in [6.07, 6.45) is 1.74. The molecule has 136 valence electrons. The zero-order chi connectivity index (χ0) is 18.5. The Balaban J connectivity index is 1.67. The number of benzene rings is 2. The number of hydrogen-bond donors (Lipinski definition) is 0. The molecule has 1 heterocycles. The fraction of sp³-hybridized carbons (Fsp3) is 0.263. The first-order valence-electron chi connectivity index (χ1n) is 8.15. The number of hydrogen-bond acceptors (Lipinski definition) is 4. The Morgan fingerprint density at radius 3 is 2.65 bits per heavy atom. The molecular formula is C19H17F2NO3S. The van der Waals surface area contributed by atoms with Crippen molar-refractivity contribution in [1.29, 1.82) is 0 Å². The van der Waals surface area contributed by atoms with E-state index in [4.69, 9.17) is 4.74 Å². The predicted molar refractivity (Wildman–Crippen MR) is 95.7 cm³/mol. The molecule has 0 saturated heterocycles. The molecule has 1 aliphatic rings. The van der Waals surface area contributed by atoms with Gasteiger partial charge in [0, 0.05) is 17.1 Å². The Labute approximate surface area is 154 Å². The Kier molecular flexibility index (Phi) is 5.88. The highest BCUT2D eigenvalue weighted by Gasteiger charge is 2.24. The number of amides is 1. The number of halogens is 2. The van der Waals surface area contributed by atoms with Crippen LogP contribution in [0.15, 0.2) is 53.4 Å². The van der Waals surface area contributed by atoms with Gasteiger partial charge in [-0.2, -0.15) is 8.78 Å². The van der Waals surface area contributed by atoms with Crippen LogP contribution in [-0.4, -0.2) is 30.8 Å². The average Bonchev–Trinajstić information content (AvgIpc) is 2.65. The first-order chi connectivity index (χ1) is 12.6. The minimum Gasteiger partial charge on any atom is -0.452 e. The maximum absolute atomic E-state index is 12.6. The number of thioether (sulfide) groups is 1. The molecule has 0 aromatic heterocycles. The van der Waals surface area contributed by atoms with Gasteiger partial charge in [0.05, 0.1) is 5.56 Å². The van der Waals surface area contributed by atoms with Gasteiger partial charge in [-0.25, -0.2) is 4.79 Å². The van der Waals surface area contributed by atoms with Crippen molar-refractivity contribution in [1.82, 2.24) is 0 Å². The van der Waals surface area contributed by atoms with Crippen molar-refractivity contribution in [2.45, 2.75) is 23.5 Å². The fourth-order valence-electron chi connectivity index (χ4n) is 2.91. The number of alkyl halides is 2. The van der Waals surface area contributed by atoms with Crippen molar-refractivity contribution in [2.75, 3.05) is 18.1 Å². The largest absolute Gasteiger partial charge is 0.452 e. The molecule has 0 N–H and O–H groups in total. The number of nitrogens with zero attached hydrogens (tertiary/aromatic N) is 1. The SMILES string of the molecule is O=C(OCC(=O)N1CCCc2ccccc21)c1ccccc1SC(F)F. The lowest BCUT2D eigenvalue weighted by Gasteiger charge is -2.29. The van der Waals surface area contributed by atoms with Crippen molar-refractivity contribution >= 4 is 29.3 Å². The summed E-state index contributed by atoms with van der Waals surface area (Å²) in [7, 11) is 0. The summed E-state index contributed by atoms with van der Waals surface area (Å²) < 4.78 is 30.3. The van der Waals surface area contributed by atoms with Gasteiger partial charge in [0.25, 0.3) is 11.7 Å². The van der Waals surface area contributed by atoms with E-state index in [-0.39, 0.29) is 28.1 Å². The summed E-state index contributed by atoms with van der Waals surface area (Å²) in [6, 6.07) is 13.6. The molecule has 0 radical (unpaired) electrons. The van der Waals surface area contributed by atoms with E-state index in [0.717, 1.165) is 24.1 Å². The summed E-state index contributed by atoms with van der Waals surface area (Å²) in [5, 5.41) is 0. The number of carbonyl (C=O) groups excluding carboxylic acids is 2. The van der Waals surface area contributed by atoms with Gasteiger partial charge >= 0.3 is 5.97 Å². The molecule has 0 bridgehead atoms. The van der Waals surface area contributed by atoms with Gasteiger partial charge < -0.3 is 9.64 Å². The molecule has 0 saturated carbocycles. The lowest BCUT2D eigenvalue weighted by Crippen LogP contribution is -2.38. The molecule has 26 heavy (non-hydrogen) atoms. The molecule has 0 fully saturated rings. The normalized spacial score (nSPS) is 13.4. The van der Waals surface area contributed by atoms with Crippen molar-refractivity contribution in [2.24, 2.45) is 0 Å². The van der Waals surface area contributed by atoms with Gasteiger partial charge in [-0.15, -0.1) is 0 Å². The van der Waals surface area contributed by atoms with Gasteiger partial charge in [0.2, 0.25) is 0 Å². The molecule has 7 heteroatoms. The average molecular weight is 377 g/mol. The standard InChI is InChI=1S/C19H17F2NO3S/c20-19(21)26-16-10-4-2-8-14(16)18(24)25-12-17(23)22-11-5-7-13-6-1-3-9-15(13)22/h1-4,6,8-10,19H,5,7,11-12H2. The van der Waals surface area contributed by atoms with Crippen LogP contribution in [0.2, 0.25) is 0 Å². The molecule has 1 aliphatic heterocycles. The Bertz CT molecular complexity index is 813. The van der Waals surface area contributed by atoms with Crippen molar-refractivity contribution < 1.29 is 23.1 Å².